The van der Waals surface area contributed by atoms with Crippen LogP contribution in [0.1, 0.15) is 42.4 Å². The van der Waals surface area contributed by atoms with E-state index in [1.807, 2.05) is 11.0 Å². The monoisotopic (exact) mass is 392 g/mol. The molecule has 1 aliphatic carbocycles. The summed E-state index contributed by atoms with van der Waals surface area (Å²) in [6.07, 6.45) is 3.83. The minimum Gasteiger partial charge on any atom is -0.312 e. The minimum atomic E-state index is -0.303. The maximum Gasteiger partial charge on any atom is 0.231 e. The van der Waals surface area contributed by atoms with E-state index in [0.717, 1.165) is 42.6 Å². The van der Waals surface area contributed by atoms with Gasteiger partial charge in [-0.25, -0.2) is 4.39 Å². The Hall–Kier alpha value is -2.89. The second-order valence-electron chi connectivity index (χ2n) is 8.27. The lowest BCUT2D eigenvalue weighted by Gasteiger charge is -2.50. The first-order chi connectivity index (χ1) is 14.1. The normalized spacial score (nSPS) is 25.9. The van der Waals surface area contributed by atoms with Crippen molar-refractivity contribution in [2.24, 2.45) is 11.0 Å². The van der Waals surface area contributed by atoms with Crippen LogP contribution in [0.15, 0.2) is 53.6 Å². The number of amidine groups is 1. The van der Waals surface area contributed by atoms with Gasteiger partial charge >= 0.3 is 0 Å². The molecule has 1 saturated carbocycles. The average Bonchev–Trinajstić information content (AvgIpc) is 3.18. The van der Waals surface area contributed by atoms with Gasteiger partial charge in [-0.3, -0.25) is 15.1 Å². The van der Waals surface area contributed by atoms with Gasteiger partial charge in [-0.05, 0) is 43.5 Å². The third kappa shape index (κ3) is 3.16. The van der Waals surface area contributed by atoms with Gasteiger partial charge < -0.3 is 4.90 Å². The predicted molar refractivity (Wildman–Crippen MR) is 109 cm³/mol. The van der Waals surface area contributed by atoms with Crippen molar-refractivity contribution in [2.75, 3.05) is 0 Å². The first-order valence-corrected chi connectivity index (χ1v) is 10.4. The van der Waals surface area contributed by atoms with Crippen LogP contribution in [0.3, 0.4) is 0 Å². The molecular weight excluding hydrogens is 367 g/mol. The molecule has 3 aliphatic rings. The molecule has 2 heterocycles. The molecule has 6 heteroatoms. The van der Waals surface area contributed by atoms with Crippen LogP contribution >= 0.6 is 0 Å². The summed E-state index contributed by atoms with van der Waals surface area (Å²) in [6.45, 7) is 2.51. The van der Waals surface area contributed by atoms with Crippen LogP contribution in [-0.4, -0.2) is 33.9 Å². The summed E-state index contributed by atoms with van der Waals surface area (Å²) in [6, 6.07) is 14.9. The van der Waals surface area contributed by atoms with Gasteiger partial charge in [0, 0.05) is 18.2 Å². The van der Waals surface area contributed by atoms with E-state index in [9.17, 15) is 9.18 Å². The molecule has 2 aromatic rings. The van der Waals surface area contributed by atoms with Crippen LogP contribution < -0.4 is 5.43 Å². The third-order valence-electron chi connectivity index (χ3n) is 6.32. The fourth-order valence-corrected chi connectivity index (χ4v) is 4.93. The molecule has 1 N–H and O–H groups in total. The van der Waals surface area contributed by atoms with Crippen LogP contribution in [0, 0.1) is 18.7 Å². The number of rotatable bonds is 3. The van der Waals surface area contributed by atoms with Crippen LogP contribution in [0.2, 0.25) is 0 Å². The quantitative estimate of drug-likeness (QED) is 0.869. The molecular formula is C23H25FN4O. The molecule has 5 rings (SSSR count). The first-order valence-electron chi connectivity index (χ1n) is 10.4. The van der Waals surface area contributed by atoms with Crippen molar-refractivity contribution in [2.45, 2.75) is 51.5 Å². The number of amides is 1. The summed E-state index contributed by atoms with van der Waals surface area (Å²) < 4.78 is 13.3. The van der Waals surface area contributed by atoms with Gasteiger partial charge in [-0.2, -0.15) is 5.10 Å². The molecule has 1 amide bonds. The second kappa shape index (κ2) is 7.17. The number of hydrogen-bond donors (Lipinski definition) is 1. The number of nitrogens with zero attached hydrogens (tertiary/aromatic N) is 3. The summed E-state index contributed by atoms with van der Waals surface area (Å²) in [5, 5.41) is 4.66. The summed E-state index contributed by atoms with van der Waals surface area (Å²) in [7, 11) is 0. The Balaban J connectivity index is 1.50. The Morgan fingerprint density at radius 1 is 1.14 bits per heavy atom. The van der Waals surface area contributed by atoms with Crippen molar-refractivity contribution in [3.63, 3.8) is 0 Å². The fourth-order valence-electron chi connectivity index (χ4n) is 4.93. The van der Waals surface area contributed by atoms with Gasteiger partial charge in [0.15, 0.2) is 12.1 Å². The Morgan fingerprint density at radius 2 is 1.93 bits per heavy atom. The molecule has 0 aromatic heterocycles. The molecule has 0 radical (unpaired) electrons. The van der Waals surface area contributed by atoms with Crippen LogP contribution in [0.5, 0.6) is 0 Å². The lowest BCUT2D eigenvalue weighted by molar-refractivity contribution is -0.156. The lowest BCUT2D eigenvalue weighted by atomic mass is 9.80. The van der Waals surface area contributed by atoms with Gasteiger partial charge in [0.1, 0.15) is 5.82 Å². The Morgan fingerprint density at radius 3 is 2.72 bits per heavy atom. The van der Waals surface area contributed by atoms with E-state index in [4.69, 9.17) is 0 Å². The molecule has 0 bridgehead atoms. The Bertz CT molecular complexity index is 958. The molecule has 2 aliphatic heterocycles. The van der Waals surface area contributed by atoms with Crippen molar-refractivity contribution < 1.29 is 9.18 Å². The maximum absolute atomic E-state index is 13.4. The van der Waals surface area contributed by atoms with Crippen molar-refractivity contribution in [1.29, 1.82) is 0 Å². The van der Waals surface area contributed by atoms with Gasteiger partial charge in [0.2, 0.25) is 5.91 Å². The standard InChI is InChI=1S/C23H25FN4O/c1-15-5-4-6-17(13-15)21-25-26-23-27(14-16-9-11-18(24)12-10-16)22(29)19-7-2-3-8-20(19)28(21)23/h4-6,9-13,19-20,23,26H,2-3,7-8,14H2,1H3. The highest BCUT2D eigenvalue weighted by atomic mass is 19.1. The maximum atomic E-state index is 13.4. The average molecular weight is 392 g/mol. The predicted octanol–water partition coefficient (Wildman–Crippen LogP) is 3.59. The molecule has 3 unspecified atom stereocenters. The number of fused-ring (bicyclic) bond motifs is 3. The van der Waals surface area contributed by atoms with E-state index in [2.05, 4.69) is 40.5 Å². The summed E-state index contributed by atoms with van der Waals surface area (Å²) in [5.74, 6) is 0.799. The van der Waals surface area contributed by atoms with Crippen molar-refractivity contribution in [3.05, 3.63) is 71.0 Å². The first kappa shape index (κ1) is 18.2. The zero-order valence-corrected chi connectivity index (χ0v) is 16.5. The number of carbonyl (C=O) groups is 1. The van der Waals surface area contributed by atoms with E-state index in [1.165, 1.54) is 17.7 Å². The number of aryl methyl sites for hydroxylation is 1. The van der Waals surface area contributed by atoms with Crippen LogP contribution in [-0.2, 0) is 11.3 Å². The van der Waals surface area contributed by atoms with Crippen LogP contribution in [0.25, 0.3) is 0 Å². The summed E-state index contributed by atoms with van der Waals surface area (Å²) in [5.41, 5.74) is 6.39. The van der Waals surface area contributed by atoms with E-state index in [1.54, 1.807) is 12.1 Å². The molecule has 2 aromatic carbocycles. The minimum absolute atomic E-state index is 0.0182. The van der Waals surface area contributed by atoms with Gasteiger partial charge in [-0.15, -0.1) is 0 Å². The topological polar surface area (TPSA) is 47.9 Å². The number of carbonyl (C=O) groups excluding carboxylic acids is 1. The van der Waals surface area contributed by atoms with Gasteiger partial charge in [0.05, 0.1) is 5.92 Å². The SMILES string of the molecule is Cc1cccc(C2=NNC3N(Cc4ccc(F)cc4)C(=O)C4CCCCC4N23)c1. The molecule has 5 nitrogen and oxygen atoms in total. The Labute approximate surface area is 170 Å². The summed E-state index contributed by atoms with van der Waals surface area (Å²) in [4.78, 5) is 17.6. The third-order valence-corrected chi connectivity index (χ3v) is 6.32. The van der Waals surface area contributed by atoms with E-state index in [-0.39, 0.29) is 30.0 Å². The van der Waals surface area contributed by atoms with Crippen molar-refractivity contribution >= 4 is 11.7 Å². The number of benzene rings is 2. The van der Waals surface area contributed by atoms with Crippen molar-refractivity contribution in [1.82, 2.24) is 15.2 Å². The van der Waals surface area contributed by atoms with Crippen LogP contribution in [0.4, 0.5) is 4.39 Å². The van der Waals surface area contributed by atoms with E-state index < -0.39 is 0 Å². The highest BCUT2D eigenvalue weighted by molar-refractivity contribution is 6.01. The second-order valence-corrected chi connectivity index (χ2v) is 8.27. The van der Waals surface area contributed by atoms with Gasteiger partial charge in [0.25, 0.3) is 0 Å². The Kier molecular flexibility index (Phi) is 4.49. The highest BCUT2D eigenvalue weighted by Gasteiger charge is 2.50. The molecule has 150 valence electrons. The van der Waals surface area contributed by atoms with E-state index in [0.29, 0.717) is 6.54 Å². The molecule has 1 saturated heterocycles. The zero-order valence-electron chi connectivity index (χ0n) is 16.5. The lowest BCUT2D eigenvalue weighted by Crippen LogP contribution is -2.67. The van der Waals surface area contributed by atoms with Gasteiger partial charge in [-0.1, -0.05) is 48.7 Å². The molecule has 0 spiro atoms. The number of hydrogen-bond acceptors (Lipinski definition) is 4. The van der Waals surface area contributed by atoms with E-state index >= 15 is 0 Å². The molecule has 29 heavy (non-hydrogen) atoms. The zero-order chi connectivity index (χ0) is 20.0. The number of hydrazone groups is 1. The fraction of sp³-hybridized carbons (Fsp3) is 0.391. The number of nitrogens with one attached hydrogen (secondary N) is 1. The summed E-state index contributed by atoms with van der Waals surface area (Å²) >= 11 is 0. The van der Waals surface area contributed by atoms with Crippen molar-refractivity contribution in [3.8, 4) is 0 Å². The smallest absolute Gasteiger partial charge is 0.231 e. The highest BCUT2D eigenvalue weighted by Crippen LogP contribution is 2.38. The molecule has 2 fully saturated rings. The largest absolute Gasteiger partial charge is 0.312 e. The molecule has 3 atom stereocenters. The number of halogens is 1.